The van der Waals surface area contributed by atoms with Crippen molar-refractivity contribution in [2.24, 2.45) is 0 Å². The number of hydrogen-bond acceptors (Lipinski definition) is 3. The number of amides is 1. The van der Waals surface area contributed by atoms with E-state index in [1.54, 1.807) is 16.3 Å². The minimum Gasteiger partial charge on any atom is -0.272 e. The maximum atomic E-state index is 12.1. The molecule has 102 valence electrons. The molecule has 0 atom stereocenters. The molecule has 6 heteroatoms. The Hall–Kier alpha value is -1.33. The van der Waals surface area contributed by atoms with Crippen molar-refractivity contribution in [3.63, 3.8) is 0 Å². The lowest BCUT2D eigenvalue weighted by Gasteiger charge is -2.25. The second-order valence-corrected chi connectivity index (χ2v) is 5.70. The van der Waals surface area contributed by atoms with Crippen LogP contribution in [0, 0.1) is 20.8 Å². The monoisotopic (exact) mass is 297 g/mol. The molecular formula is C13H16ClN3OS. The van der Waals surface area contributed by atoms with Crippen molar-refractivity contribution in [2.45, 2.75) is 27.3 Å². The highest BCUT2D eigenvalue weighted by Crippen LogP contribution is 2.14. The van der Waals surface area contributed by atoms with Crippen LogP contribution < -0.4 is 5.01 Å². The summed E-state index contributed by atoms with van der Waals surface area (Å²) in [6.45, 7) is 6.32. The van der Waals surface area contributed by atoms with Crippen molar-refractivity contribution in [1.29, 1.82) is 0 Å². The lowest BCUT2D eigenvalue weighted by molar-refractivity contribution is -0.118. The maximum absolute atomic E-state index is 12.1. The van der Waals surface area contributed by atoms with Crippen LogP contribution in [0.3, 0.4) is 0 Å². The highest BCUT2D eigenvalue weighted by atomic mass is 35.5. The lowest BCUT2D eigenvalue weighted by Crippen LogP contribution is -2.42. The number of aromatic nitrogens is 2. The summed E-state index contributed by atoms with van der Waals surface area (Å²) in [6, 6.07) is 3.96. The first kappa shape index (κ1) is 14.1. The predicted molar refractivity (Wildman–Crippen MR) is 78.4 cm³/mol. The Kier molecular flexibility index (Phi) is 4.27. The third-order valence-electron chi connectivity index (χ3n) is 2.86. The first-order valence-corrected chi connectivity index (χ1v) is 7.37. The highest BCUT2D eigenvalue weighted by molar-refractivity contribution is 7.09. The minimum atomic E-state index is -0.130. The van der Waals surface area contributed by atoms with E-state index in [1.165, 1.54) is 0 Å². The number of halogens is 1. The summed E-state index contributed by atoms with van der Waals surface area (Å²) in [5.41, 5.74) is 2.89. The van der Waals surface area contributed by atoms with E-state index in [0.717, 1.165) is 22.1 Å². The van der Waals surface area contributed by atoms with Gasteiger partial charge in [-0.1, -0.05) is 0 Å². The molecule has 0 saturated heterocycles. The van der Waals surface area contributed by atoms with Crippen LogP contribution in [0.5, 0.6) is 0 Å². The average Bonchev–Trinajstić information content (AvgIpc) is 2.93. The number of aryl methyl sites for hydroxylation is 3. The van der Waals surface area contributed by atoms with E-state index in [-0.39, 0.29) is 11.8 Å². The number of carbonyl (C=O) groups is 1. The van der Waals surface area contributed by atoms with Gasteiger partial charge >= 0.3 is 0 Å². The Morgan fingerprint density at radius 3 is 2.47 bits per heavy atom. The Labute approximate surface area is 121 Å². The number of nitrogens with zero attached hydrogens (tertiary/aromatic N) is 3. The summed E-state index contributed by atoms with van der Waals surface area (Å²) < 4.78 is 1.89. The Balaban J connectivity index is 2.34. The molecule has 0 fully saturated rings. The second-order valence-electron chi connectivity index (χ2n) is 4.37. The molecule has 1 amide bonds. The third-order valence-corrected chi connectivity index (χ3v) is 3.91. The van der Waals surface area contributed by atoms with Crippen LogP contribution >= 0.6 is 22.9 Å². The second kappa shape index (κ2) is 5.75. The Morgan fingerprint density at radius 2 is 2.00 bits per heavy atom. The Morgan fingerprint density at radius 1 is 1.37 bits per heavy atom. The van der Waals surface area contributed by atoms with Gasteiger partial charge in [-0.05, 0) is 32.9 Å². The molecule has 0 aliphatic rings. The van der Waals surface area contributed by atoms with Gasteiger partial charge in [0.05, 0.1) is 17.2 Å². The normalized spacial score (nSPS) is 10.7. The van der Waals surface area contributed by atoms with Gasteiger partial charge in [0.2, 0.25) is 0 Å². The van der Waals surface area contributed by atoms with Crippen LogP contribution in [-0.2, 0) is 11.3 Å². The van der Waals surface area contributed by atoms with E-state index in [0.29, 0.717) is 6.54 Å². The van der Waals surface area contributed by atoms with E-state index in [4.69, 9.17) is 11.6 Å². The van der Waals surface area contributed by atoms with E-state index in [2.05, 4.69) is 4.98 Å². The molecule has 0 spiro atoms. The molecule has 0 aromatic carbocycles. The molecule has 0 saturated carbocycles. The molecular weight excluding hydrogens is 282 g/mol. The molecule has 19 heavy (non-hydrogen) atoms. The van der Waals surface area contributed by atoms with Gasteiger partial charge in [0, 0.05) is 16.8 Å². The van der Waals surface area contributed by atoms with Crippen molar-refractivity contribution in [3.8, 4) is 0 Å². The van der Waals surface area contributed by atoms with Gasteiger partial charge < -0.3 is 0 Å². The van der Waals surface area contributed by atoms with Crippen LogP contribution in [0.2, 0.25) is 0 Å². The van der Waals surface area contributed by atoms with Gasteiger partial charge in [0.15, 0.2) is 0 Å². The largest absolute Gasteiger partial charge is 0.272 e. The maximum Gasteiger partial charge on any atom is 0.256 e. The van der Waals surface area contributed by atoms with E-state index in [1.807, 2.05) is 43.0 Å². The summed E-state index contributed by atoms with van der Waals surface area (Å²) in [6.07, 6.45) is 0. The topological polar surface area (TPSA) is 38.1 Å². The Bertz CT molecular complexity index is 571. The van der Waals surface area contributed by atoms with Crippen LogP contribution in [-0.4, -0.2) is 21.4 Å². The third kappa shape index (κ3) is 2.98. The van der Waals surface area contributed by atoms with Crippen LogP contribution in [0.25, 0.3) is 0 Å². The SMILES string of the molecule is Cc1nc(CN(C(=O)CCl)n2c(C)ccc2C)cs1. The molecule has 2 heterocycles. The quantitative estimate of drug-likeness (QED) is 0.814. The van der Waals surface area contributed by atoms with Crippen LogP contribution in [0.1, 0.15) is 22.1 Å². The first-order valence-electron chi connectivity index (χ1n) is 5.95. The van der Waals surface area contributed by atoms with E-state index < -0.39 is 0 Å². The van der Waals surface area contributed by atoms with Gasteiger partial charge in [-0.25, -0.2) is 9.99 Å². The standard InChI is InChI=1S/C13H16ClN3OS/c1-9-4-5-10(2)17(9)16(13(18)6-14)7-12-8-19-11(3)15-12/h4-5,8H,6-7H2,1-3H3. The average molecular weight is 298 g/mol. The summed E-state index contributed by atoms with van der Waals surface area (Å²) >= 11 is 7.30. The van der Waals surface area contributed by atoms with Crippen molar-refractivity contribution >= 4 is 28.8 Å². The molecule has 0 aliphatic carbocycles. The molecule has 0 unspecified atom stereocenters. The molecule has 0 bridgehead atoms. The highest BCUT2D eigenvalue weighted by Gasteiger charge is 2.18. The van der Waals surface area contributed by atoms with Crippen molar-refractivity contribution in [3.05, 3.63) is 39.6 Å². The first-order chi connectivity index (χ1) is 9.02. The summed E-state index contributed by atoms with van der Waals surface area (Å²) in [5, 5.41) is 4.61. The van der Waals surface area contributed by atoms with Gasteiger partial charge in [0.1, 0.15) is 5.88 Å². The van der Waals surface area contributed by atoms with Crippen molar-refractivity contribution in [2.75, 3.05) is 10.9 Å². The molecule has 2 aromatic heterocycles. The van der Waals surface area contributed by atoms with Gasteiger partial charge in [-0.3, -0.25) is 9.47 Å². The summed E-state index contributed by atoms with van der Waals surface area (Å²) in [4.78, 5) is 16.5. The number of alkyl halides is 1. The van der Waals surface area contributed by atoms with Crippen molar-refractivity contribution in [1.82, 2.24) is 9.66 Å². The molecule has 0 N–H and O–H groups in total. The van der Waals surface area contributed by atoms with Crippen LogP contribution in [0.15, 0.2) is 17.5 Å². The molecule has 2 rings (SSSR count). The summed E-state index contributed by atoms with van der Waals surface area (Å²) in [5.74, 6) is -0.171. The molecule has 4 nitrogen and oxygen atoms in total. The van der Waals surface area contributed by atoms with Crippen LogP contribution in [0.4, 0.5) is 0 Å². The zero-order valence-electron chi connectivity index (χ0n) is 11.2. The smallest absolute Gasteiger partial charge is 0.256 e. The van der Waals surface area contributed by atoms with Gasteiger partial charge in [0.25, 0.3) is 5.91 Å². The fourth-order valence-electron chi connectivity index (χ4n) is 2.02. The summed E-state index contributed by atoms with van der Waals surface area (Å²) in [7, 11) is 0. The number of carbonyl (C=O) groups excluding carboxylic acids is 1. The van der Waals surface area contributed by atoms with Crippen molar-refractivity contribution < 1.29 is 4.79 Å². The fraction of sp³-hybridized carbons (Fsp3) is 0.385. The lowest BCUT2D eigenvalue weighted by atomic mass is 10.4. The minimum absolute atomic E-state index is 0.0415. The number of rotatable bonds is 4. The molecule has 0 aliphatic heterocycles. The van der Waals surface area contributed by atoms with E-state index in [9.17, 15) is 4.79 Å². The van der Waals surface area contributed by atoms with Gasteiger partial charge in [-0.15, -0.1) is 22.9 Å². The molecule has 2 aromatic rings. The van der Waals surface area contributed by atoms with Gasteiger partial charge in [-0.2, -0.15) is 0 Å². The fourth-order valence-corrected chi connectivity index (χ4v) is 2.76. The van der Waals surface area contributed by atoms with E-state index >= 15 is 0 Å². The zero-order valence-corrected chi connectivity index (χ0v) is 12.8. The predicted octanol–water partition coefficient (Wildman–Crippen LogP) is 2.77. The number of hydrogen-bond donors (Lipinski definition) is 0. The molecule has 0 radical (unpaired) electrons. The number of thiazole rings is 1. The zero-order chi connectivity index (χ0) is 14.0.